The Kier molecular flexibility index (Phi) is 10.9. The first kappa shape index (κ1) is 35.7. The van der Waals surface area contributed by atoms with Gasteiger partial charge in [-0.25, -0.2) is 9.59 Å². The Morgan fingerprint density at radius 3 is 2.06 bits per heavy atom. The maximum absolute atomic E-state index is 13.4. The third kappa shape index (κ3) is 9.47. The number of carbonyl (C=O) groups excluding carboxylic acids is 4. The van der Waals surface area contributed by atoms with Crippen molar-refractivity contribution in [2.45, 2.75) is 117 Å². The molecule has 0 aromatic heterocycles. The molecule has 0 spiro atoms. The van der Waals surface area contributed by atoms with E-state index in [9.17, 15) is 19.2 Å². The van der Waals surface area contributed by atoms with Crippen molar-refractivity contribution < 1.29 is 33.4 Å². The average molecular weight is 651 g/mol. The van der Waals surface area contributed by atoms with E-state index in [-0.39, 0.29) is 43.5 Å². The van der Waals surface area contributed by atoms with Crippen molar-refractivity contribution in [3.05, 3.63) is 64.7 Å². The monoisotopic (exact) mass is 650 g/mol. The summed E-state index contributed by atoms with van der Waals surface area (Å²) in [6.45, 7) is 17.6. The van der Waals surface area contributed by atoms with Gasteiger partial charge in [-0.1, -0.05) is 30.3 Å². The van der Waals surface area contributed by atoms with Crippen LogP contribution in [0, 0.1) is 0 Å². The lowest BCUT2D eigenvalue weighted by Crippen LogP contribution is -2.58. The van der Waals surface area contributed by atoms with Crippen molar-refractivity contribution in [1.29, 1.82) is 0 Å². The fraction of sp³-hybridized carbons (Fsp3) is 0.556. The van der Waals surface area contributed by atoms with Crippen LogP contribution in [0.15, 0.2) is 42.5 Å². The van der Waals surface area contributed by atoms with Crippen LogP contribution in [0.2, 0.25) is 0 Å². The maximum atomic E-state index is 13.4. The third-order valence-corrected chi connectivity index (χ3v) is 8.21. The Balaban J connectivity index is 1.38. The molecule has 256 valence electrons. The first-order chi connectivity index (χ1) is 21.9. The van der Waals surface area contributed by atoms with Gasteiger partial charge in [0.15, 0.2) is 0 Å². The Bertz CT molecular complexity index is 1450. The van der Waals surface area contributed by atoms with Crippen LogP contribution in [0.3, 0.4) is 0 Å². The molecule has 11 nitrogen and oxygen atoms in total. The molecule has 0 bridgehead atoms. The number of piperazine rings is 1. The van der Waals surface area contributed by atoms with Gasteiger partial charge >= 0.3 is 12.1 Å². The van der Waals surface area contributed by atoms with E-state index in [0.29, 0.717) is 36.6 Å². The molecule has 4 rings (SSSR count). The minimum Gasteiger partial charge on any atom is -0.489 e. The van der Waals surface area contributed by atoms with Crippen LogP contribution >= 0.6 is 0 Å². The van der Waals surface area contributed by atoms with Gasteiger partial charge in [-0.15, -0.1) is 0 Å². The summed E-state index contributed by atoms with van der Waals surface area (Å²) < 4.78 is 17.4. The first-order valence-corrected chi connectivity index (χ1v) is 16.3. The highest BCUT2D eigenvalue weighted by Gasteiger charge is 2.40. The average Bonchev–Trinajstić information content (AvgIpc) is 3.29. The minimum atomic E-state index is -0.951. The van der Waals surface area contributed by atoms with Gasteiger partial charge in [-0.3, -0.25) is 14.5 Å². The largest absolute Gasteiger partial charge is 0.489 e. The molecule has 0 saturated carbocycles. The van der Waals surface area contributed by atoms with Crippen LogP contribution in [0.4, 0.5) is 4.79 Å². The topological polar surface area (TPSA) is 132 Å². The molecule has 3 amide bonds. The number of carbonyl (C=O) groups is 4. The fourth-order valence-corrected chi connectivity index (χ4v) is 6.02. The molecule has 2 N–H and O–H groups in total. The van der Waals surface area contributed by atoms with Gasteiger partial charge < -0.3 is 29.7 Å². The lowest BCUT2D eigenvalue weighted by atomic mass is 10.1. The molecule has 2 aliphatic heterocycles. The van der Waals surface area contributed by atoms with E-state index in [1.807, 2.05) is 39.0 Å². The number of nitrogens with two attached hydrogens (primary N) is 1. The summed E-state index contributed by atoms with van der Waals surface area (Å²) >= 11 is 0. The van der Waals surface area contributed by atoms with Gasteiger partial charge in [0.2, 0.25) is 5.91 Å². The molecular weight excluding hydrogens is 600 g/mol. The summed E-state index contributed by atoms with van der Waals surface area (Å²) in [7, 11) is 0. The number of amides is 3. The van der Waals surface area contributed by atoms with E-state index < -0.39 is 29.1 Å². The zero-order valence-electron chi connectivity index (χ0n) is 29.0. The minimum absolute atomic E-state index is 0.0521. The molecule has 2 heterocycles. The molecule has 47 heavy (non-hydrogen) atoms. The summed E-state index contributed by atoms with van der Waals surface area (Å²) in [5, 5.41) is 0. The normalized spacial score (nSPS) is 19.3. The van der Waals surface area contributed by atoms with Gasteiger partial charge in [0.25, 0.3) is 5.91 Å². The molecule has 2 aliphatic rings. The second-order valence-electron chi connectivity index (χ2n) is 14.6. The van der Waals surface area contributed by atoms with Crippen LogP contribution in [0.1, 0.15) is 95.3 Å². The summed E-state index contributed by atoms with van der Waals surface area (Å²) in [6, 6.07) is 12.9. The molecule has 0 unspecified atom stereocenters. The van der Waals surface area contributed by atoms with E-state index in [2.05, 4.69) is 30.9 Å². The van der Waals surface area contributed by atoms with E-state index in [1.165, 1.54) is 4.90 Å². The number of esters is 1. The Hall–Kier alpha value is -4.12. The fourth-order valence-electron chi connectivity index (χ4n) is 6.02. The van der Waals surface area contributed by atoms with Crippen molar-refractivity contribution in [2.75, 3.05) is 13.1 Å². The summed E-state index contributed by atoms with van der Waals surface area (Å²) in [5.41, 5.74) is 7.36. The van der Waals surface area contributed by atoms with Crippen LogP contribution in [0.25, 0.3) is 0 Å². The van der Waals surface area contributed by atoms with E-state index >= 15 is 0 Å². The van der Waals surface area contributed by atoms with Crippen molar-refractivity contribution >= 4 is 23.9 Å². The summed E-state index contributed by atoms with van der Waals surface area (Å²) in [4.78, 5) is 56.4. The predicted octanol–water partition coefficient (Wildman–Crippen LogP) is 5.03. The van der Waals surface area contributed by atoms with Crippen molar-refractivity contribution in [1.82, 2.24) is 14.7 Å². The molecule has 2 aromatic rings. The van der Waals surface area contributed by atoms with Crippen molar-refractivity contribution in [3.63, 3.8) is 0 Å². The zero-order valence-corrected chi connectivity index (χ0v) is 29.0. The molecule has 0 radical (unpaired) electrons. The predicted molar refractivity (Wildman–Crippen MR) is 177 cm³/mol. The molecular formula is C36H50N4O7. The SMILES string of the molecule is C[C@H]1CN(C(=O)OC(C)(C)C)C[C@H](C)N1Cc1ccc(COc2cccc3c2CN([C@@H](CCC(N)=O)C(=O)OC(C)(C)C)C3=O)cc1. The summed E-state index contributed by atoms with van der Waals surface area (Å²) in [6.07, 6.45) is -0.250. The van der Waals surface area contributed by atoms with E-state index in [1.54, 1.807) is 37.8 Å². The van der Waals surface area contributed by atoms with Crippen LogP contribution in [0.5, 0.6) is 5.75 Å². The number of primary amides is 1. The zero-order chi connectivity index (χ0) is 34.7. The smallest absolute Gasteiger partial charge is 0.410 e. The molecule has 3 atom stereocenters. The maximum Gasteiger partial charge on any atom is 0.410 e. The number of fused-ring (bicyclic) bond motifs is 1. The van der Waals surface area contributed by atoms with E-state index in [4.69, 9.17) is 19.9 Å². The van der Waals surface area contributed by atoms with E-state index in [0.717, 1.165) is 17.7 Å². The Morgan fingerprint density at radius 2 is 1.49 bits per heavy atom. The van der Waals surface area contributed by atoms with Gasteiger partial charge in [-0.05, 0) is 85.1 Å². The number of nitrogens with zero attached hydrogens (tertiary/aromatic N) is 3. The quantitative estimate of drug-likeness (QED) is 0.355. The number of hydrogen-bond donors (Lipinski definition) is 1. The Labute approximate surface area is 278 Å². The van der Waals surface area contributed by atoms with Crippen LogP contribution in [-0.2, 0) is 38.8 Å². The third-order valence-electron chi connectivity index (χ3n) is 8.21. The number of hydrogen-bond acceptors (Lipinski definition) is 8. The lowest BCUT2D eigenvalue weighted by molar-refractivity contribution is -0.160. The lowest BCUT2D eigenvalue weighted by Gasteiger charge is -2.44. The second-order valence-corrected chi connectivity index (χ2v) is 14.6. The van der Waals surface area contributed by atoms with Crippen molar-refractivity contribution in [2.24, 2.45) is 5.73 Å². The highest BCUT2D eigenvalue weighted by atomic mass is 16.6. The number of ether oxygens (including phenoxy) is 3. The first-order valence-electron chi connectivity index (χ1n) is 16.3. The second kappa shape index (κ2) is 14.3. The van der Waals surface area contributed by atoms with Crippen LogP contribution in [-0.4, -0.2) is 81.0 Å². The Morgan fingerprint density at radius 1 is 0.894 bits per heavy atom. The van der Waals surface area contributed by atoms with Gasteiger partial charge in [0.05, 0.1) is 6.54 Å². The van der Waals surface area contributed by atoms with Crippen molar-refractivity contribution in [3.8, 4) is 5.75 Å². The molecule has 2 aromatic carbocycles. The van der Waals surface area contributed by atoms with Crippen LogP contribution < -0.4 is 10.5 Å². The van der Waals surface area contributed by atoms with Gasteiger partial charge in [0.1, 0.15) is 29.6 Å². The molecule has 0 aliphatic carbocycles. The standard InChI is InChI=1S/C36H50N4O7/c1-23-18-38(34(44)47-36(6,7)8)19-24(2)39(23)20-25-12-14-26(15-13-25)22-45-30-11-9-10-27-28(30)21-40(32(27)42)29(16-17-31(37)41)33(43)46-35(3,4)5/h9-15,23-24,29H,16-22H2,1-8H3,(H2,37,41)/t23-,24-,29-/m0/s1. The molecule has 1 fully saturated rings. The highest BCUT2D eigenvalue weighted by Crippen LogP contribution is 2.34. The van der Waals surface area contributed by atoms with Gasteiger partial charge in [-0.2, -0.15) is 0 Å². The summed E-state index contributed by atoms with van der Waals surface area (Å²) in [5.74, 6) is -0.880. The highest BCUT2D eigenvalue weighted by molar-refractivity contribution is 6.01. The number of rotatable bonds is 10. The number of benzene rings is 2. The molecule has 1 saturated heterocycles. The molecule has 11 heteroatoms. The van der Waals surface area contributed by atoms with Gasteiger partial charge in [0, 0.05) is 49.3 Å².